The van der Waals surface area contributed by atoms with Gasteiger partial charge in [-0.2, -0.15) is 0 Å². The Bertz CT molecular complexity index is 848. The van der Waals surface area contributed by atoms with E-state index in [9.17, 15) is 4.79 Å². The predicted octanol–water partition coefficient (Wildman–Crippen LogP) is 4.09. The van der Waals surface area contributed by atoms with Gasteiger partial charge in [0.15, 0.2) is 0 Å². The summed E-state index contributed by atoms with van der Waals surface area (Å²) in [5.41, 5.74) is 3.61. The molecule has 0 radical (unpaired) electrons. The molecule has 4 heteroatoms. The fraction of sp³-hybridized carbons (Fsp3) is 0.300. The Balaban J connectivity index is 1.59. The third-order valence-electron chi connectivity index (χ3n) is 4.78. The van der Waals surface area contributed by atoms with Crippen LogP contribution in [0.3, 0.4) is 0 Å². The van der Waals surface area contributed by atoms with Gasteiger partial charge in [0.2, 0.25) is 0 Å². The van der Waals surface area contributed by atoms with Crippen LogP contribution >= 0.6 is 0 Å². The number of hydrogen-bond donors (Lipinski definition) is 1. The topological polar surface area (TPSA) is 46.9 Å². The highest BCUT2D eigenvalue weighted by Gasteiger charge is 2.17. The monoisotopic (exact) mass is 319 g/mol. The number of fused-ring (bicyclic) bond motifs is 1. The standard InChI is InChI=1S/C20H21N3O/c24-20(22-16-7-3-1-4-8-16)15-11-12-19-18(13-15)21-14-23(19)17-9-5-2-6-10-17/h2,5-6,9-14,16H,1,3-4,7-8H2,(H,22,24). The maximum Gasteiger partial charge on any atom is 0.251 e. The smallest absolute Gasteiger partial charge is 0.251 e. The lowest BCUT2D eigenvalue weighted by molar-refractivity contribution is 0.0928. The number of nitrogens with one attached hydrogen (secondary N) is 1. The number of para-hydroxylation sites is 1. The molecule has 1 aromatic heterocycles. The van der Waals surface area contributed by atoms with Gasteiger partial charge >= 0.3 is 0 Å². The minimum Gasteiger partial charge on any atom is -0.349 e. The van der Waals surface area contributed by atoms with E-state index in [1.807, 2.05) is 59.4 Å². The molecule has 24 heavy (non-hydrogen) atoms. The van der Waals surface area contributed by atoms with E-state index < -0.39 is 0 Å². The summed E-state index contributed by atoms with van der Waals surface area (Å²) in [5.74, 6) is 0.0121. The zero-order valence-corrected chi connectivity index (χ0v) is 13.6. The molecule has 2 aromatic carbocycles. The second kappa shape index (κ2) is 6.48. The van der Waals surface area contributed by atoms with Crippen LogP contribution in [0.4, 0.5) is 0 Å². The van der Waals surface area contributed by atoms with Gasteiger partial charge in [0.25, 0.3) is 5.91 Å². The molecule has 1 heterocycles. The third kappa shape index (κ3) is 2.92. The average Bonchev–Trinajstić information content (AvgIpc) is 3.06. The van der Waals surface area contributed by atoms with Crippen molar-refractivity contribution in [1.82, 2.24) is 14.9 Å². The molecule has 4 rings (SSSR count). The van der Waals surface area contributed by atoms with E-state index in [4.69, 9.17) is 0 Å². The second-order valence-corrected chi connectivity index (χ2v) is 6.46. The summed E-state index contributed by atoms with van der Waals surface area (Å²) in [6.45, 7) is 0. The van der Waals surface area contributed by atoms with E-state index in [-0.39, 0.29) is 5.91 Å². The average molecular weight is 319 g/mol. The minimum atomic E-state index is 0.0121. The van der Waals surface area contributed by atoms with Gasteiger partial charge in [-0.3, -0.25) is 9.36 Å². The highest BCUT2D eigenvalue weighted by Crippen LogP contribution is 2.21. The largest absolute Gasteiger partial charge is 0.349 e. The lowest BCUT2D eigenvalue weighted by Gasteiger charge is -2.22. The van der Waals surface area contributed by atoms with Crippen LogP contribution in [0.25, 0.3) is 16.7 Å². The van der Waals surface area contributed by atoms with Crippen LogP contribution in [-0.2, 0) is 0 Å². The highest BCUT2D eigenvalue weighted by molar-refractivity contribution is 5.97. The van der Waals surface area contributed by atoms with E-state index in [1.165, 1.54) is 19.3 Å². The molecule has 0 unspecified atom stereocenters. The van der Waals surface area contributed by atoms with Crippen molar-refractivity contribution in [3.63, 3.8) is 0 Å². The molecule has 0 bridgehead atoms. The molecule has 1 fully saturated rings. The first kappa shape index (κ1) is 14.9. The molecule has 1 aliphatic rings. The van der Waals surface area contributed by atoms with Crippen LogP contribution in [0, 0.1) is 0 Å². The Morgan fingerprint density at radius 2 is 1.83 bits per heavy atom. The second-order valence-electron chi connectivity index (χ2n) is 6.46. The molecule has 122 valence electrons. The summed E-state index contributed by atoms with van der Waals surface area (Å²) in [6.07, 6.45) is 7.71. The Morgan fingerprint density at radius 1 is 1.04 bits per heavy atom. The first-order chi connectivity index (χ1) is 11.8. The molecule has 1 aliphatic carbocycles. The summed E-state index contributed by atoms with van der Waals surface area (Å²) >= 11 is 0. The maximum absolute atomic E-state index is 12.5. The number of hydrogen-bond acceptors (Lipinski definition) is 2. The molecule has 0 saturated heterocycles. The van der Waals surface area contributed by atoms with Crippen LogP contribution in [-0.4, -0.2) is 21.5 Å². The fourth-order valence-corrected chi connectivity index (χ4v) is 3.46. The molecular weight excluding hydrogens is 298 g/mol. The lowest BCUT2D eigenvalue weighted by Crippen LogP contribution is -2.36. The number of imidazole rings is 1. The summed E-state index contributed by atoms with van der Waals surface area (Å²) in [7, 11) is 0. The number of amides is 1. The quantitative estimate of drug-likeness (QED) is 0.790. The predicted molar refractivity (Wildman–Crippen MR) is 95.4 cm³/mol. The molecule has 0 spiro atoms. The first-order valence-corrected chi connectivity index (χ1v) is 8.65. The number of carbonyl (C=O) groups is 1. The van der Waals surface area contributed by atoms with Crippen molar-refractivity contribution in [3.05, 3.63) is 60.4 Å². The molecule has 1 amide bonds. The minimum absolute atomic E-state index is 0.0121. The van der Waals surface area contributed by atoms with Crippen LogP contribution in [0.1, 0.15) is 42.5 Å². The molecule has 1 saturated carbocycles. The van der Waals surface area contributed by atoms with E-state index >= 15 is 0 Å². The molecule has 0 atom stereocenters. The van der Waals surface area contributed by atoms with Gasteiger partial charge < -0.3 is 5.32 Å². The zero-order chi connectivity index (χ0) is 16.4. The molecular formula is C20H21N3O. The van der Waals surface area contributed by atoms with Crippen molar-refractivity contribution in [1.29, 1.82) is 0 Å². The van der Waals surface area contributed by atoms with Crippen molar-refractivity contribution in [3.8, 4) is 5.69 Å². The zero-order valence-electron chi connectivity index (χ0n) is 13.6. The fourth-order valence-electron chi connectivity index (χ4n) is 3.46. The van der Waals surface area contributed by atoms with Crippen LogP contribution in [0.5, 0.6) is 0 Å². The van der Waals surface area contributed by atoms with E-state index in [2.05, 4.69) is 10.3 Å². The Hall–Kier alpha value is -2.62. The Morgan fingerprint density at radius 3 is 2.62 bits per heavy atom. The lowest BCUT2D eigenvalue weighted by atomic mass is 9.95. The number of benzene rings is 2. The Kier molecular flexibility index (Phi) is 4.03. The van der Waals surface area contributed by atoms with Gasteiger partial charge in [-0.1, -0.05) is 37.5 Å². The first-order valence-electron chi connectivity index (χ1n) is 8.65. The van der Waals surface area contributed by atoms with E-state index in [0.29, 0.717) is 11.6 Å². The van der Waals surface area contributed by atoms with Gasteiger partial charge in [0.1, 0.15) is 6.33 Å². The van der Waals surface area contributed by atoms with Crippen molar-refractivity contribution in [2.24, 2.45) is 0 Å². The summed E-state index contributed by atoms with van der Waals surface area (Å²) in [5, 5.41) is 3.16. The van der Waals surface area contributed by atoms with Gasteiger partial charge in [-0.25, -0.2) is 4.98 Å². The molecule has 1 N–H and O–H groups in total. The van der Waals surface area contributed by atoms with Gasteiger partial charge in [0.05, 0.1) is 11.0 Å². The van der Waals surface area contributed by atoms with Crippen LogP contribution in [0.15, 0.2) is 54.9 Å². The van der Waals surface area contributed by atoms with Crippen LogP contribution in [0.2, 0.25) is 0 Å². The van der Waals surface area contributed by atoms with E-state index in [0.717, 1.165) is 29.6 Å². The van der Waals surface area contributed by atoms with Crippen molar-refractivity contribution in [2.75, 3.05) is 0 Å². The molecule has 0 aliphatic heterocycles. The maximum atomic E-state index is 12.5. The number of rotatable bonds is 3. The van der Waals surface area contributed by atoms with E-state index in [1.54, 1.807) is 0 Å². The molecule has 4 nitrogen and oxygen atoms in total. The summed E-state index contributed by atoms with van der Waals surface area (Å²) < 4.78 is 2.04. The normalized spacial score (nSPS) is 15.5. The highest BCUT2D eigenvalue weighted by atomic mass is 16.1. The van der Waals surface area contributed by atoms with Crippen molar-refractivity contribution < 1.29 is 4.79 Å². The van der Waals surface area contributed by atoms with Gasteiger partial charge in [-0.05, 0) is 43.2 Å². The Labute approximate surface area is 141 Å². The van der Waals surface area contributed by atoms with Gasteiger partial charge in [0, 0.05) is 17.3 Å². The number of nitrogens with zero attached hydrogens (tertiary/aromatic N) is 2. The molecule has 3 aromatic rings. The number of aromatic nitrogens is 2. The van der Waals surface area contributed by atoms with Gasteiger partial charge in [-0.15, -0.1) is 0 Å². The SMILES string of the molecule is O=C(NC1CCCCC1)c1ccc2c(c1)ncn2-c1ccccc1. The summed E-state index contributed by atoms with van der Waals surface area (Å²) in [6, 6.07) is 16.2. The number of carbonyl (C=O) groups excluding carboxylic acids is 1. The third-order valence-corrected chi connectivity index (χ3v) is 4.78. The summed E-state index contributed by atoms with van der Waals surface area (Å²) in [4.78, 5) is 17.0. The van der Waals surface area contributed by atoms with Crippen molar-refractivity contribution >= 4 is 16.9 Å². The van der Waals surface area contributed by atoms with Crippen molar-refractivity contribution in [2.45, 2.75) is 38.1 Å². The van der Waals surface area contributed by atoms with Crippen LogP contribution < -0.4 is 5.32 Å².